The summed E-state index contributed by atoms with van der Waals surface area (Å²) in [5, 5.41) is 19.1. The molecule has 0 aliphatic carbocycles. The molecule has 0 fully saturated rings. The first-order chi connectivity index (χ1) is 11.7. The highest BCUT2D eigenvalue weighted by molar-refractivity contribution is 14.0. The van der Waals surface area contributed by atoms with E-state index in [1.165, 1.54) is 9.75 Å². The van der Waals surface area contributed by atoms with Crippen LogP contribution in [0.1, 0.15) is 21.4 Å². The fourth-order valence-electron chi connectivity index (χ4n) is 2.08. The van der Waals surface area contributed by atoms with Crippen molar-refractivity contribution < 1.29 is 0 Å². The Morgan fingerprint density at radius 2 is 1.68 bits per heavy atom. The molecule has 0 aliphatic heterocycles. The molecule has 0 aromatic carbocycles. The number of halogens is 1. The molecule has 0 saturated heterocycles. The molecule has 2 N–H and O–H groups in total. The zero-order valence-electron chi connectivity index (χ0n) is 14.1. The Bertz CT molecular complexity index is 740. The lowest BCUT2D eigenvalue weighted by Gasteiger charge is -2.11. The summed E-state index contributed by atoms with van der Waals surface area (Å²) in [5.41, 5.74) is 0. The minimum Gasteiger partial charge on any atom is -0.351 e. The maximum Gasteiger partial charge on any atom is 0.192 e. The Balaban J connectivity index is 0.00000225. The van der Waals surface area contributed by atoms with E-state index in [-0.39, 0.29) is 24.0 Å². The van der Waals surface area contributed by atoms with Crippen molar-refractivity contribution in [1.82, 2.24) is 25.4 Å². The van der Waals surface area contributed by atoms with E-state index < -0.39 is 0 Å². The van der Waals surface area contributed by atoms with Crippen LogP contribution in [0, 0.1) is 6.92 Å². The Morgan fingerprint density at radius 1 is 1.08 bits per heavy atom. The molecule has 3 heterocycles. The van der Waals surface area contributed by atoms with Crippen molar-refractivity contribution in [3.63, 3.8) is 0 Å². The van der Waals surface area contributed by atoms with E-state index in [1.54, 1.807) is 22.7 Å². The molecular formula is C16H21IN6S2. The maximum atomic E-state index is 4.65. The summed E-state index contributed by atoms with van der Waals surface area (Å²) in [4.78, 5) is 7.19. The molecule has 3 rings (SSSR count). The molecule has 134 valence electrons. The van der Waals surface area contributed by atoms with Crippen LogP contribution in [0.5, 0.6) is 0 Å². The third-order valence-corrected chi connectivity index (χ3v) is 5.33. The molecule has 0 amide bonds. The minimum absolute atomic E-state index is 0. The highest BCUT2D eigenvalue weighted by atomic mass is 127. The Kier molecular flexibility index (Phi) is 7.85. The molecule has 0 aliphatic rings. The van der Waals surface area contributed by atoms with Crippen LogP contribution in [0.2, 0.25) is 0 Å². The van der Waals surface area contributed by atoms with Crippen LogP contribution < -0.4 is 10.6 Å². The zero-order chi connectivity index (χ0) is 16.8. The van der Waals surface area contributed by atoms with Gasteiger partial charge >= 0.3 is 0 Å². The summed E-state index contributed by atoms with van der Waals surface area (Å²) in [7, 11) is 1.96. The molecule has 0 bridgehead atoms. The van der Waals surface area contributed by atoms with Gasteiger partial charge in [0, 0.05) is 16.8 Å². The van der Waals surface area contributed by atoms with Gasteiger partial charge in [-0.05, 0) is 29.8 Å². The van der Waals surface area contributed by atoms with Crippen molar-refractivity contribution in [3.05, 3.63) is 56.4 Å². The van der Waals surface area contributed by atoms with Gasteiger partial charge in [-0.1, -0.05) is 12.1 Å². The number of nitrogens with zero attached hydrogens (tertiary/aromatic N) is 4. The van der Waals surface area contributed by atoms with Gasteiger partial charge in [-0.3, -0.25) is 0 Å². The summed E-state index contributed by atoms with van der Waals surface area (Å²) in [6, 6.07) is 8.33. The van der Waals surface area contributed by atoms with Gasteiger partial charge in [0.25, 0.3) is 0 Å². The molecule has 0 radical (unpaired) electrons. The van der Waals surface area contributed by atoms with Gasteiger partial charge in [0.1, 0.15) is 12.4 Å². The van der Waals surface area contributed by atoms with E-state index in [2.05, 4.69) is 60.8 Å². The van der Waals surface area contributed by atoms with E-state index in [1.807, 2.05) is 18.5 Å². The predicted octanol–water partition coefficient (Wildman–Crippen LogP) is 3.30. The summed E-state index contributed by atoms with van der Waals surface area (Å²) in [6.45, 7) is 3.93. The van der Waals surface area contributed by atoms with Gasteiger partial charge in [0.15, 0.2) is 11.8 Å². The third-order valence-electron chi connectivity index (χ3n) is 3.58. The lowest BCUT2D eigenvalue weighted by atomic mass is 10.4. The Morgan fingerprint density at radius 3 is 2.12 bits per heavy atom. The number of hydrogen-bond acceptors (Lipinski definition) is 5. The van der Waals surface area contributed by atoms with Crippen molar-refractivity contribution in [2.75, 3.05) is 0 Å². The van der Waals surface area contributed by atoms with Crippen LogP contribution in [0.3, 0.4) is 0 Å². The van der Waals surface area contributed by atoms with E-state index in [9.17, 15) is 0 Å². The second-order valence-corrected chi connectivity index (χ2v) is 7.32. The van der Waals surface area contributed by atoms with Gasteiger partial charge < -0.3 is 15.2 Å². The van der Waals surface area contributed by atoms with E-state index >= 15 is 0 Å². The van der Waals surface area contributed by atoms with E-state index in [0.717, 1.165) is 30.7 Å². The third kappa shape index (κ3) is 5.79. The molecule has 0 atom stereocenters. The smallest absolute Gasteiger partial charge is 0.192 e. The van der Waals surface area contributed by atoms with Crippen LogP contribution in [-0.2, 0) is 26.7 Å². The van der Waals surface area contributed by atoms with Crippen molar-refractivity contribution >= 4 is 52.6 Å². The number of aromatic nitrogens is 3. The average Bonchev–Trinajstić information content (AvgIpc) is 3.33. The number of rotatable bonds is 6. The monoisotopic (exact) mass is 488 g/mol. The summed E-state index contributed by atoms with van der Waals surface area (Å²) in [5.74, 6) is 2.51. The largest absolute Gasteiger partial charge is 0.351 e. The van der Waals surface area contributed by atoms with Gasteiger partial charge in [-0.2, -0.15) is 0 Å². The van der Waals surface area contributed by atoms with Gasteiger partial charge in [-0.25, -0.2) is 4.99 Å². The molecule has 0 unspecified atom stereocenters. The Labute approximate surface area is 172 Å². The first kappa shape index (κ1) is 19.9. The highest BCUT2D eigenvalue weighted by Crippen LogP contribution is 2.09. The van der Waals surface area contributed by atoms with Gasteiger partial charge in [-0.15, -0.1) is 56.8 Å². The van der Waals surface area contributed by atoms with Gasteiger partial charge in [0.2, 0.25) is 0 Å². The first-order valence-corrected chi connectivity index (χ1v) is 9.40. The van der Waals surface area contributed by atoms with Crippen molar-refractivity contribution in [3.8, 4) is 0 Å². The molecule has 25 heavy (non-hydrogen) atoms. The van der Waals surface area contributed by atoms with Crippen molar-refractivity contribution in [2.24, 2.45) is 12.0 Å². The SMILES string of the molecule is Cc1nnc(CN=C(NCc2cccs2)NCc2cccs2)n1C.I. The molecule has 9 heteroatoms. The normalized spacial score (nSPS) is 10.2. The fraction of sp³-hybridized carbons (Fsp3) is 0.312. The number of hydrogen-bond donors (Lipinski definition) is 2. The quantitative estimate of drug-likeness (QED) is 0.318. The number of aryl methyl sites for hydroxylation is 1. The first-order valence-electron chi connectivity index (χ1n) is 7.64. The predicted molar refractivity (Wildman–Crippen MR) is 115 cm³/mol. The molecule has 0 spiro atoms. The average molecular weight is 488 g/mol. The minimum atomic E-state index is 0. The highest BCUT2D eigenvalue weighted by Gasteiger charge is 2.06. The topological polar surface area (TPSA) is 67.1 Å². The second-order valence-electron chi connectivity index (χ2n) is 5.25. The number of aliphatic imine (C=N–C) groups is 1. The molecule has 3 aromatic rings. The van der Waals surface area contributed by atoms with Crippen molar-refractivity contribution in [2.45, 2.75) is 26.6 Å². The van der Waals surface area contributed by atoms with Gasteiger partial charge in [0.05, 0.1) is 13.1 Å². The van der Waals surface area contributed by atoms with Crippen LogP contribution in [-0.4, -0.2) is 20.7 Å². The lowest BCUT2D eigenvalue weighted by molar-refractivity contribution is 0.754. The van der Waals surface area contributed by atoms with E-state index in [4.69, 9.17) is 0 Å². The molecule has 6 nitrogen and oxygen atoms in total. The van der Waals surface area contributed by atoms with Crippen LogP contribution in [0.25, 0.3) is 0 Å². The summed E-state index contributed by atoms with van der Waals surface area (Å²) >= 11 is 3.46. The van der Waals surface area contributed by atoms with E-state index in [0.29, 0.717) is 6.54 Å². The zero-order valence-corrected chi connectivity index (χ0v) is 18.1. The van der Waals surface area contributed by atoms with Crippen molar-refractivity contribution in [1.29, 1.82) is 0 Å². The van der Waals surface area contributed by atoms with Crippen LogP contribution in [0.4, 0.5) is 0 Å². The fourth-order valence-corrected chi connectivity index (χ4v) is 3.37. The molecule has 3 aromatic heterocycles. The molecule has 0 saturated carbocycles. The van der Waals surface area contributed by atoms with Crippen LogP contribution >= 0.6 is 46.7 Å². The molecular weight excluding hydrogens is 467 g/mol. The summed E-state index contributed by atoms with van der Waals surface area (Å²) < 4.78 is 1.96. The summed E-state index contributed by atoms with van der Waals surface area (Å²) in [6.07, 6.45) is 0. The number of nitrogens with one attached hydrogen (secondary N) is 2. The Hall–Kier alpha value is -1.46. The standard InChI is InChI=1S/C16H20N6S2.HI/c1-12-20-21-15(22(12)2)11-19-16(17-9-13-5-3-7-23-13)18-10-14-6-4-8-24-14;/h3-8H,9-11H2,1-2H3,(H2,17,18,19);1H. The number of guanidine groups is 1. The second kappa shape index (κ2) is 9.88. The number of thiophene rings is 2. The van der Waals surface area contributed by atoms with Crippen LogP contribution in [0.15, 0.2) is 40.0 Å². The lowest BCUT2D eigenvalue weighted by Crippen LogP contribution is -2.36. The maximum absolute atomic E-state index is 4.65.